The summed E-state index contributed by atoms with van der Waals surface area (Å²) in [6.07, 6.45) is 8.10. The third kappa shape index (κ3) is 2.09. The maximum atomic E-state index is 5.97. The number of nitrogens with zero attached hydrogens (tertiary/aromatic N) is 3. The Kier molecular flexibility index (Phi) is 3.11. The van der Waals surface area contributed by atoms with Gasteiger partial charge in [-0.05, 0) is 57.3 Å². The molecule has 5 nitrogen and oxygen atoms in total. The molecule has 3 aliphatic rings. The molecule has 1 N–H and O–H groups in total. The van der Waals surface area contributed by atoms with Gasteiger partial charge in [-0.15, -0.1) is 0 Å². The van der Waals surface area contributed by atoms with Crippen LogP contribution in [0, 0.1) is 0 Å². The zero-order chi connectivity index (χ0) is 13.4. The van der Waals surface area contributed by atoms with Crippen molar-refractivity contribution in [2.75, 3.05) is 26.2 Å². The second kappa shape index (κ2) is 4.97. The predicted octanol–water partition coefficient (Wildman–Crippen LogP) is 1.13. The van der Waals surface area contributed by atoms with E-state index in [0.29, 0.717) is 6.01 Å². The minimum atomic E-state index is 0.275. The lowest BCUT2D eigenvalue weighted by Gasteiger charge is -2.31. The molecule has 0 atom stereocenters. The lowest BCUT2D eigenvalue weighted by Crippen LogP contribution is -2.43. The summed E-state index contributed by atoms with van der Waals surface area (Å²) in [6, 6.07) is 0.556. The summed E-state index contributed by atoms with van der Waals surface area (Å²) in [4.78, 5) is 11.6. The lowest BCUT2D eigenvalue weighted by atomic mass is 9.95. The zero-order valence-electron chi connectivity index (χ0n) is 11.9. The van der Waals surface area contributed by atoms with E-state index in [1.165, 1.54) is 44.3 Å². The second-order valence-corrected chi connectivity index (χ2v) is 6.26. The Balaban J connectivity index is 1.47. The molecule has 5 heteroatoms. The van der Waals surface area contributed by atoms with Gasteiger partial charge in [0.05, 0.1) is 11.2 Å². The Bertz CT molecular complexity index is 495. The molecule has 0 amide bonds. The normalized spacial score (nSPS) is 24.4. The van der Waals surface area contributed by atoms with E-state index in [0.717, 1.165) is 31.8 Å². The van der Waals surface area contributed by atoms with E-state index in [2.05, 4.69) is 20.2 Å². The summed E-state index contributed by atoms with van der Waals surface area (Å²) in [5.74, 6) is 0. The Morgan fingerprint density at radius 3 is 3.00 bits per heavy atom. The van der Waals surface area contributed by atoms with Gasteiger partial charge in [-0.3, -0.25) is 4.90 Å². The average molecular weight is 274 g/mol. The molecule has 0 spiro atoms. The highest BCUT2D eigenvalue weighted by Gasteiger charge is 2.44. The number of hydrogen-bond donors (Lipinski definition) is 1. The Morgan fingerprint density at radius 1 is 1.30 bits per heavy atom. The van der Waals surface area contributed by atoms with Gasteiger partial charge in [-0.2, -0.15) is 4.98 Å². The fraction of sp³-hybridized carbons (Fsp3) is 0.733. The molecule has 1 aromatic heterocycles. The number of hydrogen-bond acceptors (Lipinski definition) is 5. The number of nitrogens with one attached hydrogen (secondary N) is 1. The van der Waals surface area contributed by atoms with Crippen LogP contribution in [0.1, 0.15) is 36.9 Å². The minimum absolute atomic E-state index is 0.275. The van der Waals surface area contributed by atoms with Crippen LogP contribution in [-0.2, 0) is 13.0 Å². The average Bonchev–Trinajstić information content (AvgIpc) is 3.04. The van der Waals surface area contributed by atoms with Gasteiger partial charge in [-0.25, -0.2) is 4.98 Å². The van der Waals surface area contributed by atoms with E-state index in [1.807, 2.05) is 6.20 Å². The van der Waals surface area contributed by atoms with Crippen molar-refractivity contribution in [2.24, 2.45) is 0 Å². The maximum absolute atomic E-state index is 5.97. The first-order valence-corrected chi connectivity index (χ1v) is 7.79. The summed E-state index contributed by atoms with van der Waals surface area (Å²) in [5, 5.41) is 3.35. The third-order valence-corrected chi connectivity index (χ3v) is 5.08. The molecule has 20 heavy (non-hydrogen) atoms. The van der Waals surface area contributed by atoms with E-state index in [1.54, 1.807) is 0 Å². The van der Waals surface area contributed by atoms with Crippen molar-refractivity contribution < 1.29 is 4.74 Å². The van der Waals surface area contributed by atoms with Gasteiger partial charge < -0.3 is 10.1 Å². The fourth-order valence-electron chi connectivity index (χ4n) is 3.94. The van der Waals surface area contributed by atoms with Crippen molar-refractivity contribution in [3.63, 3.8) is 0 Å². The van der Waals surface area contributed by atoms with Crippen LogP contribution in [0.25, 0.3) is 0 Å². The van der Waals surface area contributed by atoms with E-state index in [9.17, 15) is 0 Å². The van der Waals surface area contributed by atoms with Gasteiger partial charge in [0.15, 0.2) is 0 Å². The molecule has 0 bridgehead atoms. The molecule has 0 saturated carbocycles. The van der Waals surface area contributed by atoms with Gasteiger partial charge >= 0.3 is 6.01 Å². The smallest absolute Gasteiger partial charge is 0.316 e. The van der Waals surface area contributed by atoms with E-state index < -0.39 is 0 Å². The minimum Gasteiger partial charge on any atom is -0.461 e. The Morgan fingerprint density at radius 2 is 2.15 bits per heavy atom. The Labute approximate surface area is 119 Å². The van der Waals surface area contributed by atoms with Crippen molar-refractivity contribution in [3.05, 3.63) is 17.5 Å². The first-order valence-electron chi connectivity index (χ1n) is 7.79. The van der Waals surface area contributed by atoms with Gasteiger partial charge in [0.2, 0.25) is 0 Å². The molecular weight excluding hydrogens is 252 g/mol. The zero-order valence-corrected chi connectivity index (χ0v) is 11.9. The molecule has 4 rings (SSSR count). The van der Waals surface area contributed by atoms with Crippen molar-refractivity contribution in [1.29, 1.82) is 0 Å². The van der Waals surface area contributed by atoms with Gasteiger partial charge in [0, 0.05) is 12.7 Å². The molecule has 108 valence electrons. The summed E-state index contributed by atoms with van der Waals surface area (Å²) in [5.41, 5.74) is 2.64. The standard InChI is InChI=1S/C15H22N4O/c1-4-15(5-2-8-19(15)7-1)11-20-14-17-9-12-3-6-16-10-13(12)18-14/h9,16H,1-8,10-11H2. The predicted molar refractivity (Wildman–Crippen MR) is 75.7 cm³/mol. The van der Waals surface area contributed by atoms with Crippen molar-refractivity contribution in [2.45, 2.75) is 44.2 Å². The van der Waals surface area contributed by atoms with Crippen LogP contribution < -0.4 is 10.1 Å². The quantitative estimate of drug-likeness (QED) is 0.895. The topological polar surface area (TPSA) is 50.3 Å². The summed E-state index contributed by atoms with van der Waals surface area (Å²) >= 11 is 0. The van der Waals surface area contributed by atoms with Gasteiger partial charge in [-0.1, -0.05) is 0 Å². The summed E-state index contributed by atoms with van der Waals surface area (Å²) < 4.78 is 5.97. The fourth-order valence-corrected chi connectivity index (χ4v) is 3.94. The largest absolute Gasteiger partial charge is 0.461 e. The molecule has 2 saturated heterocycles. The van der Waals surface area contributed by atoms with Crippen LogP contribution in [-0.4, -0.2) is 46.6 Å². The number of aromatic nitrogens is 2. The molecule has 3 aliphatic heterocycles. The first kappa shape index (κ1) is 12.5. The van der Waals surface area contributed by atoms with Crippen LogP contribution in [0.15, 0.2) is 6.20 Å². The number of rotatable bonds is 3. The highest BCUT2D eigenvalue weighted by atomic mass is 16.5. The first-order chi connectivity index (χ1) is 9.86. The van der Waals surface area contributed by atoms with Crippen LogP contribution in [0.5, 0.6) is 6.01 Å². The van der Waals surface area contributed by atoms with E-state index >= 15 is 0 Å². The van der Waals surface area contributed by atoms with E-state index in [4.69, 9.17) is 4.74 Å². The van der Waals surface area contributed by atoms with Crippen LogP contribution in [0.3, 0.4) is 0 Å². The molecular formula is C15H22N4O. The lowest BCUT2D eigenvalue weighted by molar-refractivity contribution is 0.107. The molecule has 0 unspecified atom stereocenters. The monoisotopic (exact) mass is 274 g/mol. The van der Waals surface area contributed by atoms with E-state index in [-0.39, 0.29) is 5.54 Å². The summed E-state index contributed by atoms with van der Waals surface area (Å²) in [7, 11) is 0. The number of fused-ring (bicyclic) bond motifs is 2. The maximum Gasteiger partial charge on any atom is 0.316 e. The SMILES string of the molecule is c1nc(OCC23CCCN2CCC3)nc2c1CCNC2. The van der Waals surface area contributed by atoms with Gasteiger partial charge in [0.25, 0.3) is 0 Å². The third-order valence-electron chi connectivity index (χ3n) is 5.08. The molecule has 0 radical (unpaired) electrons. The van der Waals surface area contributed by atoms with Crippen LogP contribution in [0.2, 0.25) is 0 Å². The van der Waals surface area contributed by atoms with Crippen molar-refractivity contribution in [1.82, 2.24) is 20.2 Å². The molecule has 1 aromatic rings. The van der Waals surface area contributed by atoms with Crippen LogP contribution >= 0.6 is 0 Å². The van der Waals surface area contributed by atoms with Crippen molar-refractivity contribution in [3.8, 4) is 6.01 Å². The molecule has 0 aliphatic carbocycles. The second-order valence-electron chi connectivity index (χ2n) is 6.26. The Hall–Kier alpha value is -1.20. The van der Waals surface area contributed by atoms with Crippen molar-refractivity contribution >= 4 is 0 Å². The summed E-state index contributed by atoms with van der Waals surface area (Å²) in [6.45, 7) is 5.08. The van der Waals surface area contributed by atoms with Crippen LogP contribution in [0.4, 0.5) is 0 Å². The highest BCUT2D eigenvalue weighted by molar-refractivity contribution is 5.21. The molecule has 4 heterocycles. The molecule has 2 fully saturated rings. The highest BCUT2D eigenvalue weighted by Crippen LogP contribution is 2.38. The molecule has 0 aromatic carbocycles. The van der Waals surface area contributed by atoms with Gasteiger partial charge in [0.1, 0.15) is 6.61 Å². The number of ether oxygens (including phenoxy) is 1.